The third-order valence-corrected chi connectivity index (χ3v) is 5.57. The van der Waals surface area contributed by atoms with E-state index in [-0.39, 0.29) is 5.75 Å². The maximum Gasteiger partial charge on any atom is 0.263 e. The first-order valence-corrected chi connectivity index (χ1v) is 11.5. The lowest BCUT2D eigenvalue weighted by atomic mass is 9.91. The molecule has 3 nitrogen and oxygen atoms in total. The highest BCUT2D eigenvalue weighted by molar-refractivity contribution is 6.30. The van der Waals surface area contributed by atoms with Crippen molar-refractivity contribution in [3.63, 3.8) is 0 Å². The number of hydrogen-bond donors (Lipinski definition) is 1. The number of amides is 1. The maximum atomic E-state index is 14.1. The standard InChI is InChI=1S/C27H27ClF5NO2/c1-5-20(29)13-21(30)11-8-18(12-17-6-9-19(28)10-7-17)16(2)34-26(35)27(3,4)36-22-14-23(31)25(33)24(32)15-22/h5-11,13-16,18H,12H2,1-4H3,(H,34,35)/b11-8+,20-5+,21-13+. The third kappa shape index (κ3) is 8.52. The van der Waals surface area contributed by atoms with Gasteiger partial charge in [-0.3, -0.25) is 4.79 Å². The molecule has 2 unspecified atom stereocenters. The molecule has 0 aliphatic carbocycles. The largest absolute Gasteiger partial charge is 0.478 e. The summed E-state index contributed by atoms with van der Waals surface area (Å²) in [7, 11) is 0. The molecular weight excluding hydrogens is 501 g/mol. The number of ether oxygens (including phenoxy) is 1. The smallest absolute Gasteiger partial charge is 0.263 e. The van der Waals surface area contributed by atoms with Crippen molar-refractivity contribution in [3.8, 4) is 5.75 Å². The van der Waals surface area contributed by atoms with Crippen LogP contribution in [0.25, 0.3) is 0 Å². The molecule has 0 aliphatic rings. The first-order valence-electron chi connectivity index (χ1n) is 11.1. The quantitative estimate of drug-likeness (QED) is 0.197. The predicted molar refractivity (Wildman–Crippen MR) is 130 cm³/mol. The molecule has 2 aromatic rings. The molecule has 0 aliphatic heterocycles. The number of rotatable bonds is 10. The highest BCUT2D eigenvalue weighted by Crippen LogP contribution is 2.25. The molecule has 0 aromatic heterocycles. The van der Waals surface area contributed by atoms with E-state index in [1.807, 2.05) is 0 Å². The molecule has 0 bridgehead atoms. The zero-order valence-electron chi connectivity index (χ0n) is 20.2. The minimum Gasteiger partial charge on any atom is -0.478 e. The van der Waals surface area contributed by atoms with Crippen molar-refractivity contribution in [2.24, 2.45) is 5.92 Å². The summed E-state index contributed by atoms with van der Waals surface area (Å²) in [4.78, 5) is 13.0. The number of halogens is 6. The van der Waals surface area contributed by atoms with Crippen molar-refractivity contribution < 1.29 is 31.5 Å². The summed E-state index contributed by atoms with van der Waals surface area (Å²) < 4.78 is 73.2. The predicted octanol–water partition coefficient (Wildman–Crippen LogP) is 7.56. The molecule has 194 valence electrons. The highest BCUT2D eigenvalue weighted by Gasteiger charge is 2.32. The zero-order valence-corrected chi connectivity index (χ0v) is 21.0. The number of hydrogen-bond acceptors (Lipinski definition) is 2. The fraction of sp³-hybridized carbons (Fsp3) is 0.296. The van der Waals surface area contributed by atoms with Crippen LogP contribution in [0.1, 0.15) is 33.3 Å². The average molecular weight is 528 g/mol. The van der Waals surface area contributed by atoms with Gasteiger partial charge in [-0.25, -0.2) is 22.0 Å². The molecule has 2 aromatic carbocycles. The van der Waals surface area contributed by atoms with Crippen LogP contribution < -0.4 is 10.1 Å². The third-order valence-electron chi connectivity index (χ3n) is 5.32. The molecule has 0 heterocycles. The van der Waals surface area contributed by atoms with E-state index in [9.17, 15) is 26.7 Å². The van der Waals surface area contributed by atoms with E-state index in [1.54, 1.807) is 31.2 Å². The normalized spacial score (nSPS) is 14.6. The van der Waals surface area contributed by atoms with Crippen LogP contribution in [0.5, 0.6) is 5.75 Å². The summed E-state index contributed by atoms with van der Waals surface area (Å²) in [5.41, 5.74) is -0.744. The van der Waals surface area contributed by atoms with E-state index in [0.717, 1.165) is 23.8 Å². The minimum absolute atomic E-state index is 0.366. The van der Waals surface area contributed by atoms with Gasteiger partial charge in [-0.2, -0.15) is 0 Å². The summed E-state index contributed by atoms with van der Waals surface area (Å²) >= 11 is 5.94. The first kappa shape index (κ1) is 29.1. The van der Waals surface area contributed by atoms with Gasteiger partial charge in [-0.1, -0.05) is 35.9 Å². The Balaban J connectivity index is 2.22. The van der Waals surface area contributed by atoms with Gasteiger partial charge in [0.25, 0.3) is 5.91 Å². The minimum atomic E-state index is -1.65. The molecule has 0 fully saturated rings. The van der Waals surface area contributed by atoms with Gasteiger partial charge in [0.05, 0.1) is 0 Å². The molecule has 9 heteroatoms. The van der Waals surface area contributed by atoms with Gasteiger partial charge in [0.15, 0.2) is 23.1 Å². The highest BCUT2D eigenvalue weighted by atomic mass is 35.5. The number of carbonyl (C=O) groups excluding carboxylic acids is 1. The molecule has 0 saturated heterocycles. The van der Waals surface area contributed by atoms with Crippen LogP contribution in [0, 0.1) is 23.4 Å². The van der Waals surface area contributed by atoms with Crippen molar-refractivity contribution in [2.75, 3.05) is 0 Å². The zero-order chi connectivity index (χ0) is 27.0. The van der Waals surface area contributed by atoms with Crippen LogP contribution in [0.3, 0.4) is 0 Å². The van der Waals surface area contributed by atoms with Crippen LogP contribution in [-0.2, 0) is 11.2 Å². The van der Waals surface area contributed by atoms with Crippen LogP contribution >= 0.6 is 11.6 Å². The Morgan fingerprint density at radius 3 is 2.22 bits per heavy atom. The van der Waals surface area contributed by atoms with Gasteiger partial charge in [0, 0.05) is 35.2 Å². The lowest BCUT2D eigenvalue weighted by Gasteiger charge is -2.29. The Morgan fingerprint density at radius 1 is 1.08 bits per heavy atom. The molecule has 2 rings (SSSR count). The SMILES string of the molecule is C\C=C(F)/C=C(F)\C=C\C(Cc1ccc(Cl)cc1)C(C)NC(=O)C(C)(C)Oc1cc(F)c(F)c(F)c1. The summed E-state index contributed by atoms with van der Waals surface area (Å²) in [6.45, 7) is 5.87. The molecule has 36 heavy (non-hydrogen) atoms. The second-order valence-corrected chi connectivity index (χ2v) is 9.07. The summed E-state index contributed by atoms with van der Waals surface area (Å²) in [6.07, 6.45) is 4.84. The molecule has 2 atom stereocenters. The fourth-order valence-corrected chi connectivity index (χ4v) is 3.33. The van der Waals surface area contributed by atoms with E-state index in [2.05, 4.69) is 5.32 Å². The lowest BCUT2D eigenvalue weighted by Crippen LogP contribution is -2.51. The molecule has 1 N–H and O–H groups in total. The summed E-state index contributed by atoms with van der Waals surface area (Å²) in [5, 5.41) is 3.30. The topological polar surface area (TPSA) is 38.3 Å². The van der Waals surface area contributed by atoms with Gasteiger partial charge >= 0.3 is 0 Å². The van der Waals surface area contributed by atoms with Gasteiger partial charge in [-0.15, -0.1) is 0 Å². The number of allylic oxidation sites excluding steroid dienone is 5. The lowest BCUT2D eigenvalue weighted by molar-refractivity contribution is -0.135. The van der Waals surface area contributed by atoms with Crippen LogP contribution in [-0.4, -0.2) is 17.6 Å². The van der Waals surface area contributed by atoms with Crippen LogP contribution in [0.4, 0.5) is 22.0 Å². The molecule has 1 amide bonds. The second-order valence-electron chi connectivity index (χ2n) is 8.63. The Labute approximate surface area is 212 Å². The second kappa shape index (κ2) is 12.7. The Hall–Kier alpha value is -3.13. The van der Waals surface area contributed by atoms with Crippen molar-refractivity contribution in [3.05, 3.63) is 100 Å². The van der Waals surface area contributed by atoms with Gasteiger partial charge in [0.2, 0.25) is 0 Å². The molecular formula is C27H27ClF5NO2. The van der Waals surface area contributed by atoms with Gasteiger partial charge < -0.3 is 10.1 Å². The fourth-order valence-electron chi connectivity index (χ4n) is 3.20. The van der Waals surface area contributed by atoms with E-state index >= 15 is 0 Å². The Morgan fingerprint density at radius 2 is 1.67 bits per heavy atom. The molecule has 0 radical (unpaired) electrons. The maximum absolute atomic E-state index is 14.1. The Bertz CT molecular complexity index is 1140. The summed E-state index contributed by atoms with van der Waals surface area (Å²) in [6, 6.07) is 7.67. The Kier molecular flexibility index (Phi) is 10.3. The monoisotopic (exact) mass is 527 g/mol. The van der Waals surface area contributed by atoms with Crippen molar-refractivity contribution in [1.29, 1.82) is 0 Å². The van der Waals surface area contributed by atoms with Gasteiger partial charge in [0.1, 0.15) is 17.4 Å². The van der Waals surface area contributed by atoms with Crippen molar-refractivity contribution >= 4 is 17.5 Å². The van der Waals surface area contributed by atoms with Crippen LogP contribution in [0.2, 0.25) is 5.02 Å². The first-order chi connectivity index (χ1) is 16.8. The van der Waals surface area contributed by atoms with E-state index in [4.69, 9.17) is 16.3 Å². The van der Waals surface area contributed by atoms with Gasteiger partial charge in [-0.05, 0) is 57.9 Å². The van der Waals surface area contributed by atoms with E-state index in [0.29, 0.717) is 23.6 Å². The van der Waals surface area contributed by atoms with Crippen molar-refractivity contribution in [2.45, 2.75) is 45.8 Å². The average Bonchev–Trinajstić information content (AvgIpc) is 2.80. The molecule has 0 spiro atoms. The van der Waals surface area contributed by atoms with E-state index in [1.165, 1.54) is 26.8 Å². The van der Waals surface area contributed by atoms with Crippen molar-refractivity contribution in [1.82, 2.24) is 5.32 Å². The number of benzene rings is 2. The number of nitrogens with one attached hydrogen (secondary N) is 1. The van der Waals surface area contributed by atoms with Crippen LogP contribution in [0.15, 0.2) is 72.4 Å². The molecule has 0 saturated carbocycles. The van der Waals surface area contributed by atoms with E-state index < -0.39 is 52.6 Å². The summed E-state index contributed by atoms with van der Waals surface area (Å²) in [5.74, 6) is -7.54. The number of carbonyl (C=O) groups is 1.